The fraction of sp³-hybridized carbons (Fsp3) is 0.476. The molecule has 2 aliphatic rings. The summed E-state index contributed by atoms with van der Waals surface area (Å²) in [6.07, 6.45) is 8.18. The third-order valence-corrected chi connectivity index (χ3v) is 5.70. The third kappa shape index (κ3) is 4.04. The number of methoxy groups -OCH3 is 1. The van der Waals surface area contributed by atoms with Crippen LogP contribution in [0, 0.1) is 5.41 Å². The highest BCUT2D eigenvalue weighted by Crippen LogP contribution is 2.52. The van der Waals surface area contributed by atoms with E-state index >= 15 is 0 Å². The molecule has 2 heterocycles. The highest BCUT2D eigenvalue weighted by molar-refractivity contribution is 5.67. The maximum absolute atomic E-state index is 11.3. The first-order valence-electron chi connectivity index (χ1n) is 9.58. The van der Waals surface area contributed by atoms with Crippen LogP contribution in [-0.2, 0) is 11.2 Å². The molecule has 4 rings (SSSR count). The van der Waals surface area contributed by atoms with Crippen molar-refractivity contribution >= 4 is 12.0 Å². The van der Waals surface area contributed by atoms with Crippen molar-refractivity contribution < 1.29 is 9.53 Å². The Kier molecular flexibility index (Phi) is 4.72. The van der Waals surface area contributed by atoms with Gasteiger partial charge in [-0.3, -0.25) is 0 Å². The molecule has 1 unspecified atom stereocenters. The number of nitrogens with zero attached hydrogens (tertiary/aromatic N) is 3. The molecule has 1 spiro atoms. The summed E-state index contributed by atoms with van der Waals surface area (Å²) in [5.41, 5.74) is 3.86. The second-order valence-electron chi connectivity index (χ2n) is 7.88. The van der Waals surface area contributed by atoms with E-state index in [-0.39, 0.29) is 6.04 Å². The second kappa shape index (κ2) is 7.18. The largest absolute Gasteiger partial charge is 0.453 e. The molecule has 27 heavy (non-hydrogen) atoms. The van der Waals surface area contributed by atoms with Crippen molar-refractivity contribution in [2.24, 2.45) is 5.41 Å². The standard InChI is InChI=1S/C21H26N4O2/c1-15(24-20(26)27-2)11-16-3-5-17(6-4-16)18-12-22-19(23-13-18)25-10-9-21(14-25)7-8-21/h3-6,12-13,15H,7-11,14H2,1-2H3,(H,24,26). The second-order valence-corrected chi connectivity index (χ2v) is 7.88. The van der Waals surface area contributed by atoms with Crippen molar-refractivity contribution in [1.29, 1.82) is 0 Å². The first kappa shape index (κ1) is 17.8. The number of nitrogens with one attached hydrogen (secondary N) is 1. The van der Waals surface area contributed by atoms with Crippen LogP contribution in [-0.4, -0.2) is 42.3 Å². The van der Waals surface area contributed by atoms with E-state index in [1.807, 2.05) is 19.3 Å². The Bertz CT molecular complexity index is 800. The Morgan fingerprint density at radius 2 is 1.89 bits per heavy atom. The van der Waals surface area contributed by atoms with Crippen molar-refractivity contribution in [2.45, 2.75) is 38.6 Å². The molecule has 2 aromatic rings. The average Bonchev–Trinajstić information content (AvgIpc) is 3.31. The zero-order chi connectivity index (χ0) is 18.9. The average molecular weight is 366 g/mol. The van der Waals surface area contributed by atoms with Gasteiger partial charge in [-0.2, -0.15) is 0 Å². The fourth-order valence-electron chi connectivity index (χ4n) is 3.82. The van der Waals surface area contributed by atoms with E-state index in [2.05, 4.69) is 49.2 Å². The Morgan fingerprint density at radius 1 is 1.19 bits per heavy atom. The number of carbonyl (C=O) groups is 1. The lowest BCUT2D eigenvalue weighted by atomic mass is 10.0. The smallest absolute Gasteiger partial charge is 0.407 e. The van der Waals surface area contributed by atoms with E-state index in [0.29, 0.717) is 5.41 Å². The van der Waals surface area contributed by atoms with Gasteiger partial charge in [0.15, 0.2) is 0 Å². The van der Waals surface area contributed by atoms with Gasteiger partial charge >= 0.3 is 6.09 Å². The van der Waals surface area contributed by atoms with E-state index in [9.17, 15) is 4.79 Å². The lowest BCUT2D eigenvalue weighted by molar-refractivity contribution is 0.167. The number of carbonyl (C=O) groups excluding carboxylic acids is 1. The van der Waals surface area contributed by atoms with E-state index in [1.54, 1.807) is 0 Å². The number of ether oxygens (including phenoxy) is 1. The molecule has 1 aliphatic heterocycles. The molecule has 1 saturated carbocycles. The molecule has 1 aliphatic carbocycles. The normalized spacial score (nSPS) is 18.4. The number of aromatic nitrogens is 2. The van der Waals surface area contributed by atoms with Crippen LogP contribution in [0.2, 0.25) is 0 Å². The van der Waals surface area contributed by atoms with Crippen molar-refractivity contribution in [3.63, 3.8) is 0 Å². The van der Waals surface area contributed by atoms with Crippen LogP contribution < -0.4 is 10.2 Å². The number of hydrogen-bond donors (Lipinski definition) is 1. The van der Waals surface area contributed by atoms with Gasteiger partial charge in [-0.05, 0) is 49.1 Å². The molecular weight excluding hydrogens is 340 g/mol. The Labute approximate surface area is 160 Å². The molecule has 1 atom stereocenters. The van der Waals surface area contributed by atoms with Crippen LogP contribution >= 0.6 is 0 Å². The molecule has 6 nitrogen and oxygen atoms in total. The van der Waals surface area contributed by atoms with Crippen LogP contribution in [0.3, 0.4) is 0 Å². The van der Waals surface area contributed by atoms with E-state index in [4.69, 9.17) is 0 Å². The molecule has 1 N–H and O–H groups in total. The molecule has 2 fully saturated rings. The minimum Gasteiger partial charge on any atom is -0.453 e. The minimum absolute atomic E-state index is 0.0149. The van der Waals surface area contributed by atoms with Crippen LogP contribution in [0.4, 0.5) is 10.7 Å². The number of amides is 1. The molecular formula is C21H26N4O2. The van der Waals surface area contributed by atoms with E-state index < -0.39 is 6.09 Å². The zero-order valence-electron chi connectivity index (χ0n) is 15.9. The van der Waals surface area contributed by atoms with Crippen molar-refractivity contribution in [1.82, 2.24) is 15.3 Å². The van der Waals surface area contributed by atoms with Crippen molar-refractivity contribution in [3.05, 3.63) is 42.2 Å². The molecule has 0 bridgehead atoms. The number of rotatable bonds is 5. The molecule has 0 radical (unpaired) electrons. The van der Waals surface area contributed by atoms with E-state index in [1.165, 1.54) is 26.4 Å². The quantitative estimate of drug-likeness (QED) is 0.878. The molecule has 142 valence electrons. The number of hydrogen-bond acceptors (Lipinski definition) is 5. The fourth-order valence-corrected chi connectivity index (χ4v) is 3.82. The van der Waals surface area contributed by atoms with Gasteiger partial charge < -0.3 is 15.0 Å². The van der Waals surface area contributed by atoms with Crippen molar-refractivity contribution in [2.75, 3.05) is 25.1 Å². The Morgan fingerprint density at radius 3 is 2.48 bits per heavy atom. The summed E-state index contributed by atoms with van der Waals surface area (Å²) in [6, 6.07) is 8.33. The first-order valence-corrected chi connectivity index (χ1v) is 9.58. The zero-order valence-corrected chi connectivity index (χ0v) is 15.9. The number of anilines is 1. The molecule has 6 heteroatoms. The summed E-state index contributed by atoms with van der Waals surface area (Å²) < 4.78 is 4.63. The maximum atomic E-state index is 11.3. The summed E-state index contributed by atoms with van der Waals surface area (Å²) in [5.74, 6) is 0.849. The monoisotopic (exact) mass is 366 g/mol. The van der Waals surface area contributed by atoms with Gasteiger partial charge in [-0.15, -0.1) is 0 Å². The summed E-state index contributed by atoms with van der Waals surface area (Å²) in [5, 5.41) is 2.78. The van der Waals surface area contributed by atoms with Crippen LogP contribution in [0.1, 0.15) is 31.7 Å². The summed E-state index contributed by atoms with van der Waals surface area (Å²) in [6.45, 7) is 4.15. The van der Waals surface area contributed by atoms with Crippen molar-refractivity contribution in [3.8, 4) is 11.1 Å². The lowest BCUT2D eigenvalue weighted by Gasteiger charge is -2.16. The summed E-state index contributed by atoms with van der Waals surface area (Å²) >= 11 is 0. The highest BCUT2D eigenvalue weighted by Gasteiger charge is 2.48. The van der Waals surface area contributed by atoms with Gasteiger partial charge in [-0.25, -0.2) is 14.8 Å². The van der Waals surface area contributed by atoms with Crippen LogP contribution in [0.15, 0.2) is 36.7 Å². The van der Waals surface area contributed by atoms with Gasteiger partial charge in [0.2, 0.25) is 5.95 Å². The van der Waals surface area contributed by atoms with Gasteiger partial charge in [0.25, 0.3) is 0 Å². The third-order valence-electron chi connectivity index (χ3n) is 5.70. The van der Waals surface area contributed by atoms with E-state index in [0.717, 1.165) is 42.1 Å². The molecule has 1 aromatic carbocycles. The van der Waals surface area contributed by atoms with Crippen LogP contribution in [0.5, 0.6) is 0 Å². The predicted molar refractivity (Wildman–Crippen MR) is 105 cm³/mol. The predicted octanol–water partition coefficient (Wildman–Crippen LogP) is 3.42. The molecule has 1 aromatic heterocycles. The molecule has 1 saturated heterocycles. The lowest BCUT2D eigenvalue weighted by Crippen LogP contribution is -2.33. The number of benzene rings is 1. The minimum atomic E-state index is -0.401. The summed E-state index contributed by atoms with van der Waals surface area (Å²) in [7, 11) is 1.37. The van der Waals surface area contributed by atoms with Gasteiger partial charge in [0.05, 0.1) is 7.11 Å². The highest BCUT2D eigenvalue weighted by atomic mass is 16.5. The van der Waals surface area contributed by atoms with Gasteiger partial charge in [0, 0.05) is 37.1 Å². The van der Waals surface area contributed by atoms with Crippen LogP contribution in [0.25, 0.3) is 11.1 Å². The Balaban J connectivity index is 1.38. The van der Waals surface area contributed by atoms with Gasteiger partial charge in [-0.1, -0.05) is 24.3 Å². The molecule has 1 amide bonds. The van der Waals surface area contributed by atoms with Gasteiger partial charge in [0.1, 0.15) is 0 Å². The summed E-state index contributed by atoms with van der Waals surface area (Å²) in [4.78, 5) is 22.8. The maximum Gasteiger partial charge on any atom is 0.407 e. The topological polar surface area (TPSA) is 67.3 Å². The Hall–Kier alpha value is -2.63. The number of alkyl carbamates (subject to hydrolysis) is 1. The SMILES string of the molecule is COC(=O)NC(C)Cc1ccc(-c2cnc(N3CCC4(CC4)C3)nc2)cc1. The first-order chi connectivity index (χ1) is 13.1.